The van der Waals surface area contributed by atoms with Gasteiger partial charge in [-0.2, -0.15) is 11.8 Å². The average Bonchev–Trinajstić information content (AvgIpc) is 2.28. The Balaban J connectivity index is 2.82. The number of nitrogens with one attached hydrogen (secondary N) is 1. The van der Waals surface area contributed by atoms with E-state index in [1.807, 2.05) is 11.8 Å². The third-order valence-electron chi connectivity index (χ3n) is 2.45. The lowest BCUT2D eigenvalue weighted by molar-refractivity contribution is 0.765. The molecule has 0 saturated carbocycles. The van der Waals surface area contributed by atoms with Crippen LogP contribution in [0.5, 0.6) is 0 Å². The van der Waals surface area contributed by atoms with Gasteiger partial charge in [0, 0.05) is 17.4 Å². The molecule has 0 amide bonds. The van der Waals surface area contributed by atoms with E-state index in [9.17, 15) is 0 Å². The van der Waals surface area contributed by atoms with Crippen LogP contribution in [-0.2, 0) is 6.42 Å². The van der Waals surface area contributed by atoms with Crippen LogP contribution < -0.4 is 5.32 Å². The van der Waals surface area contributed by atoms with E-state index < -0.39 is 0 Å². The molecule has 1 heterocycles. The second-order valence-corrected chi connectivity index (χ2v) is 4.82. The molecule has 1 atom stereocenters. The van der Waals surface area contributed by atoms with Gasteiger partial charge in [0.25, 0.3) is 0 Å². The molecule has 16 heavy (non-hydrogen) atoms. The minimum Gasteiger partial charge on any atom is -0.366 e. The summed E-state index contributed by atoms with van der Waals surface area (Å²) in [6.07, 6.45) is 5.54. The molecule has 0 aromatic carbocycles. The van der Waals surface area contributed by atoms with E-state index in [2.05, 4.69) is 35.4 Å². The molecule has 1 unspecified atom stereocenters. The lowest BCUT2D eigenvalue weighted by Gasteiger charge is -2.18. The molecule has 90 valence electrons. The van der Waals surface area contributed by atoms with Gasteiger partial charge in [-0.25, -0.2) is 9.97 Å². The van der Waals surface area contributed by atoms with Crippen molar-refractivity contribution in [2.45, 2.75) is 32.7 Å². The van der Waals surface area contributed by atoms with Crippen LogP contribution in [0.15, 0.2) is 6.33 Å². The van der Waals surface area contributed by atoms with Crippen LogP contribution in [0.4, 0.5) is 5.82 Å². The summed E-state index contributed by atoms with van der Waals surface area (Å²) in [5.41, 5.74) is 1.00. The fourth-order valence-corrected chi connectivity index (χ4v) is 2.47. The second kappa shape index (κ2) is 6.97. The monoisotopic (exact) mass is 259 g/mol. The first-order valence-electron chi connectivity index (χ1n) is 5.47. The van der Waals surface area contributed by atoms with Crippen molar-refractivity contribution in [1.82, 2.24) is 9.97 Å². The molecular formula is C11H18ClN3S. The van der Waals surface area contributed by atoms with E-state index in [1.54, 1.807) is 0 Å². The van der Waals surface area contributed by atoms with Gasteiger partial charge in [0.2, 0.25) is 0 Å². The molecule has 0 radical (unpaired) electrons. The van der Waals surface area contributed by atoms with E-state index in [4.69, 9.17) is 11.6 Å². The molecule has 0 bridgehead atoms. The molecule has 3 nitrogen and oxygen atoms in total. The Kier molecular flexibility index (Phi) is 5.91. The summed E-state index contributed by atoms with van der Waals surface area (Å²) in [7, 11) is 0. The lowest BCUT2D eigenvalue weighted by Crippen LogP contribution is -2.22. The summed E-state index contributed by atoms with van der Waals surface area (Å²) in [6, 6.07) is 0.436. The number of aromatic nitrogens is 2. The number of halogens is 1. The molecule has 0 spiro atoms. The molecule has 1 N–H and O–H groups in total. The Morgan fingerprint density at radius 2 is 2.19 bits per heavy atom. The van der Waals surface area contributed by atoms with Crippen molar-refractivity contribution >= 4 is 29.2 Å². The zero-order valence-corrected chi connectivity index (χ0v) is 11.5. The molecule has 1 aromatic rings. The zero-order valence-electron chi connectivity index (χ0n) is 9.96. The first-order chi connectivity index (χ1) is 7.72. The van der Waals surface area contributed by atoms with E-state index in [0.29, 0.717) is 11.2 Å². The maximum Gasteiger partial charge on any atom is 0.137 e. The summed E-state index contributed by atoms with van der Waals surface area (Å²) in [5, 5.41) is 3.99. The van der Waals surface area contributed by atoms with Crippen molar-refractivity contribution < 1.29 is 0 Å². The minimum absolute atomic E-state index is 0.436. The van der Waals surface area contributed by atoms with E-state index >= 15 is 0 Å². The highest BCUT2D eigenvalue weighted by Gasteiger charge is 2.11. The molecule has 0 saturated heterocycles. The number of anilines is 1. The Bertz CT molecular complexity index is 333. The molecule has 0 aliphatic rings. The van der Waals surface area contributed by atoms with Gasteiger partial charge in [0.15, 0.2) is 0 Å². The highest BCUT2D eigenvalue weighted by atomic mass is 35.5. The van der Waals surface area contributed by atoms with Gasteiger partial charge >= 0.3 is 0 Å². The Labute approximate surface area is 106 Å². The van der Waals surface area contributed by atoms with E-state index in [0.717, 1.165) is 30.0 Å². The summed E-state index contributed by atoms with van der Waals surface area (Å²) < 4.78 is 0. The molecule has 1 rings (SSSR count). The predicted molar refractivity (Wildman–Crippen MR) is 72.5 cm³/mol. The van der Waals surface area contributed by atoms with E-state index in [-0.39, 0.29) is 0 Å². The summed E-state index contributed by atoms with van der Waals surface area (Å²) in [5.74, 6) is 1.95. The minimum atomic E-state index is 0.436. The van der Waals surface area contributed by atoms with Gasteiger partial charge in [0.05, 0.1) is 0 Å². The van der Waals surface area contributed by atoms with Crippen molar-refractivity contribution in [2.75, 3.05) is 17.3 Å². The lowest BCUT2D eigenvalue weighted by atomic mass is 10.2. The Morgan fingerprint density at radius 3 is 2.75 bits per heavy atom. The highest BCUT2D eigenvalue weighted by molar-refractivity contribution is 7.98. The summed E-state index contributed by atoms with van der Waals surface area (Å²) >= 11 is 7.87. The fraction of sp³-hybridized carbons (Fsp3) is 0.636. The predicted octanol–water partition coefficient (Wildman–Crippen LogP) is 3.25. The van der Waals surface area contributed by atoms with Crippen molar-refractivity contribution in [1.29, 1.82) is 0 Å². The Morgan fingerprint density at radius 1 is 1.44 bits per heavy atom. The van der Waals surface area contributed by atoms with Crippen molar-refractivity contribution in [3.05, 3.63) is 17.0 Å². The van der Waals surface area contributed by atoms with Crippen molar-refractivity contribution in [2.24, 2.45) is 0 Å². The van der Waals surface area contributed by atoms with Gasteiger partial charge in [-0.05, 0) is 19.1 Å². The standard InChI is InChI=1S/C11H18ClN3S/c1-4-8(6-16-3)15-11-9(5-2)10(12)13-7-14-11/h7-8H,4-6H2,1-3H3,(H,13,14,15). The number of nitrogens with zero attached hydrogens (tertiary/aromatic N) is 2. The van der Waals surface area contributed by atoms with Crippen LogP contribution in [-0.4, -0.2) is 28.0 Å². The Hall–Kier alpha value is -0.480. The average molecular weight is 260 g/mol. The SMILES string of the molecule is CCc1c(Cl)ncnc1NC(CC)CSC. The van der Waals surface area contributed by atoms with Crippen LogP contribution in [0.1, 0.15) is 25.8 Å². The largest absolute Gasteiger partial charge is 0.366 e. The summed E-state index contributed by atoms with van der Waals surface area (Å²) in [6.45, 7) is 4.23. The van der Waals surface area contributed by atoms with Crippen LogP contribution in [0.25, 0.3) is 0 Å². The quantitative estimate of drug-likeness (QED) is 0.796. The van der Waals surface area contributed by atoms with E-state index in [1.165, 1.54) is 6.33 Å². The molecular weight excluding hydrogens is 242 g/mol. The number of thioether (sulfide) groups is 1. The fourth-order valence-electron chi connectivity index (χ4n) is 1.48. The molecule has 0 fully saturated rings. The first-order valence-corrected chi connectivity index (χ1v) is 7.24. The normalized spacial score (nSPS) is 12.5. The number of rotatable bonds is 6. The topological polar surface area (TPSA) is 37.8 Å². The molecule has 1 aromatic heterocycles. The van der Waals surface area contributed by atoms with Gasteiger partial charge in [-0.15, -0.1) is 0 Å². The summed E-state index contributed by atoms with van der Waals surface area (Å²) in [4.78, 5) is 8.26. The van der Waals surface area contributed by atoms with Gasteiger partial charge < -0.3 is 5.32 Å². The first kappa shape index (κ1) is 13.6. The van der Waals surface area contributed by atoms with Crippen LogP contribution in [0.2, 0.25) is 5.15 Å². The maximum absolute atomic E-state index is 6.04. The third-order valence-corrected chi connectivity index (χ3v) is 3.51. The van der Waals surface area contributed by atoms with Crippen LogP contribution in [0.3, 0.4) is 0 Å². The van der Waals surface area contributed by atoms with Crippen molar-refractivity contribution in [3.8, 4) is 0 Å². The van der Waals surface area contributed by atoms with Crippen LogP contribution in [0, 0.1) is 0 Å². The maximum atomic E-state index is 6.04. The molecule has 5 heteroatoms. The number of hydrogen-bond donors (Lipinski definition) is 1. The molecule has 0 aliphatic carbocycles. The smallest absolute Gasteiger partial charge is 0.137 e. The third kappa shape index (κ3) is 3.52. The van der Waals surface area contributed by atoms with Gasteiger partial charge in [-0.3, -0.25) is 0 Å². The molecule has 0 aliphatic heterocycles. The van der Waals surface area contributed by atoms with Crippen molar-refractivity contribution in [3.63, 3.8) is 0 Å². The zero-order chi connectivity index (χ0) is 12.0. The second-order valence-electron chi connectivity index (χ2n) is 3.55. The number of hydrogen-bond acceptors (Lipinski definition) is 4. The highest BCUT2D eigenvalue weighted by Crippen LogP contribution is 2.21. The van der Waals surface area contributed by atoms with Crippen LogP contribution >= 0.6 is 23.4 Å². The van der Waals surface area contributed by atoms with Gasteiger partial charge in [-0.1, -0.05) is 25.4 Å². The van der Waals surface area contributed by atoms with Gasteiger partial charge in [0.1, 0.15) is 17.3 Å².